The van der Waals surface area contributed by atoms with E-state index in [2.05, 4.69) is 21.3 Å². The molecule has 4 heterocycles. The van der Waals surface area contributed by atoms with Crippen LogP contribution in [0.4, 0.5) is 11.4 Å². The van der Waals surface area contributed by atoms with E-state index in [-0.39, 0.29) is 17.5 Å². The third-order valence-corrected chi connectivity index (χ3v) is 8.12. The number of rotatable bonds is 3. The van der Waals surface area contributed by atoms with Crippen molar-refractivity contribution in [1.82, 2.24) is 4.98 Å². The standard InChI is InChI=1S/C31H29N3O3/c1-18-16-24-31(21-12-6-7-13-22(21)33-29(31)37)25(27(35)19-10-9-15-32-17-19)26(28(36)30(2,3)4)34(24)23-14-8-5-11-20(18)23/h5-17,24-26H,1-4H3,(H,33,37)/t24-,25+,26-,31-/m0/s1. The summed E-state index contributed by atoms with van der Waals surface area (Å²) in [5.74, 6) is -1.53. The first-order chi connectivity index (χ1) is 17.7. The maximum atomic E-state index is 14.5. The lowest BCUT2D eigenvalue weighted by Gasteiger charge is -2.39. The van der Waals surface area contributed by atoms with Crippen LogP contribution in [0.25, 0.3) is 5.57 Å². The van der Waals surface area contributed by atoms with Gasteiger partial charge in [-0.1, -0.05) is 63.2 Å². The number of pyridine rings is 1. The molecule has 186 valence electrons. The molecule has 4 atom stereocenters. The van der Waals surface area contributed by atoms with Crippen LogP contribution in [0.2, 0.25) is 0 Å². The molecule has 0 bridgehead atoms. The van der Waals surface area contributed by atoms with Gasteiger partial charge in [0.2, 0.25) is 5.91 Å². The molecule has 0 aliphatic carbocycles. The van der Waals surface area contributed by atoms with Crippen molar-refractivity contribution in [2.24, 2.45) is 11.3 Å². The number of Topliss-reactive ketones (excluding diaryl/α,β-unsaturated/α-hetero) is 2. The SMILES string of the molecule is CC1=C[C@@H]2N(c3ccccc31)[C@H](C(=O)C(C)(C)C)[C@H](C(=O)c1cccnc1)[C@@]21C(=O)Nc2ccccc21. The highest BCUT2D eigenvalue weighted by atomic mass is 16.2. The molecule has 6 heteroatoms. The van der Waals surface area contributed by atoms with E-state index < -0.39 is 28.8 Å². The number of nitrogens with one attached hydrogen (secondary N) is 1. The first-order valence-electron chi connectivity index (χ1n) is 12.6. The molecule has 0 radical (unpaired) electrons. The van der Waals surface area contributed by atoms with Gasteiger partial charge in [-0.15, -0.1) is 0 Å². The first kappa shape index (κ1) is 23.3. The van der Waals surface area contributed by atoms with Gasteiger partial charge in [0.1, 0.15) is 11.5 Å². The van der Waals surface area contributed by atoms with Crippen LogP contribution in [-0.2, 0) is 15.0 Å². The van der Waals surface area contributed by atoms with Gasteiger partial charge in [0.15, 0.2) is 11.6 Å². The second kappa shape index (κ2) is 7.97. The van der Waals surface area contributed by atoms with E-state index in [1.165, 1.54) is 6.20 Å². The third kappa shape index (κ3) is 3.11. The van der Waals surface area contributed by atoms with Crippen molar-refractivity contribution < 1.29 is 14.4 Å². The summed E-state index contributed by atoms with van der Waals surface area (Å²) < 4.78 is 0. The van der Waals surface area contributed by atoms with Crippen molar-refractivity contribution in [3.05, 3.63) is 95.8 Å². The summed E-state index contributed by atoms with van der Waals surface area (Å²) in [7, 11) is 0. The number of allylic oxidation sites excluding steroid dienone is 1. The second-order valence-corrected chi connectivity index (χ2v) is 11.2. The summed E-state index contributed by atoms with van der Waals surface area (Å²) in [6.07, 6.45) is 5.21. The zero-order chi connectivity index (χ0) is 26.1. The minimum Gasteiger partial charge on any atom is -0.352 e. The lowest BCUT2D eigenvalue weighted by molar-refractivity contribution is -0.128. The smallest absolute Gasteiger partial charge is 0.238 e. The van der Waals surface area contributed by atoms with E-state index in [1.807, 2.05) is 76.2 Å². The van der Waals surface area contributed by atoms with Crippen LogP contribution in [0, 0.1) is 11.3 Å². The average Bonchev–Trinajstić information content (AvgIpc) is 3.36. The van der Waals surface area contributed by atoms with Gasteiger partial charge in [0.25, 0.3) is 0 Å². The number of hydrogen-bond donors (Lipinski definition) is 1. The van der Waals surface area contributed by atoms with Gasteiger partial charge in [0, 0.05) is 40.3 Å². The maximum absolute atomic E-state index is 14.5. The molecule has 3 aliphatic rings. The van der Waals surface area contributed by atoms with Crippen molar-refractivity contribution in [2.75, 3.05) is 10.2 Å². The zero-order valence-corrected chi connectivity index (χ0v) is 21.4. The van der Waals surface area contributed by atoms with Crippen molar-refractivity contribution in [3.63, 3.8) is 0 Å². The van der Waals surface area contributed by atoms with Gasteiger partial charge >= 0.3 is 0 Å². The zero-order valence-electron chi connectivity index (χ0n) is 21.4. The fourth-order valence-corrected chi connectivity index (χ4v) is 6.52. The lowest BCUT2D eigenvalue weighted by atomic mass is 9.63. The number of fused-ring (bicyclic) bond motifs is 6. The number of aromatic nitrogens is 1. The molecule has 3 aliphatic heterocycles. The molecular formula is C31H29N3O3. The van der Waals surface area contributed by atoms with Crippen LogP contribution in [0.5, 0.6) is 0 Å². The Kier molecular flexibility index (Phi) is 5.03. The summed E-state index contributed by atoms with van der Waals surface area (Å²) in [6, 6.07) is 17.5. The van der Waals surface area contributed by atoms with Crippen LogP contribution >= 0.6 is 0 Å². The van der Waals surface area contributed by atoms with E-state index in [0.717, 1.165) is 22.4 Å². The highest BCUT2D eigenvalue weighted by molar-refractivity contribution is 6.17. The van der Waals surface area contributed by atoms with Crippen molar-refractivity contribution >= 4 is 34.4 Å². The van der Waals surface area contributed by atoms with E-state index in [1.54, 1.807) is 18.3 Å². The van der Waals surface area contributed by atoms with Crippen LogP contribution in [0.15, 0.2) is 79.1 Å². The van der Waals surface area contributed by atoms with Gasteiger partial charge in [-0.25, -0.2) is 0 Å². The molecule has 0 unspecified atom stereocenters. The monoisotopic (exact) mass is 491 g/mol. The molecule has 1 aromatic heterocycles. The Balaban J connectivity index is 1.71. The average molecular weight is 492 g/mol. The summed E-state index contributed by atoms with van der Waals surface area (Å²) in [4.78, 5) is 49.4. The predicted octanol–water partition coefficient (Wildman–Crippen LogP) is 5.06. The molecule has 1 N–H and O–H groups in total. The quantitative estimate of drug-likeness (QED) is 0.518. The van der Waals surface area contributed by atoms with Gasteiger partial charge in [-0.05, 0) is 42.3 Å². The van der Waals surface area contributed by atoms with Gasteiger partial charge in [0.05, 0.1) is 12.0 Å². The molecule has 1 saturated heterocycles. The largest absolute Gasteiger partial charge is 0.352 e. The number of benzene rings is 2. The minimum atomic E-state index is -1.29. The van der Waals surface area contributed by atoms with E-state index >= 15 is 0 Å². The fraction of sp³-hybridized carbons (Fsp3) is 0.290. The fourth-order valence-electron chi connectivity index (χ4n) is 6.52. The minimum absolute atomic E-state index is 0.0726. The maximum Gasteiger partial charge on any atom is 0.238 e. The third-order valence-electron chi connectivity index (χ3n) is 8.12. The topological polar surface area (TPSA) is 79.4 Å². The highest BCUT2D eigenvalue weighted by Crippen LogP contribution is 2.59. The number of amides is 1. The molecule has 3 aromatic rings. The summed E-state index contributed by atoms with van der Waals surface area (Å²) >= 11 is 0. The number of nitrogens with zero attached hydrogens (tertiary/aromatic N) is 2. The molecule has 1 spiro atoms. The van der Waals surface area contributed by atoms with Gasteiger partial charge in [-0.2, -0.15) is 0 Å². The number of ketones is 2. The summed E-state index contributed by atoms with van der Waals surface area (Å²) in [6.45, 7) is 7.65. The Morgan fingerprint density at radius 2 is 1.73 bits per heavy atom. The first-order valence-corrected chi connectivity index (χ1v) is 12.6. The van der Waals surface area contributed by atoms with E-state index in [9.17, 15) is 14.4 Å². The predicted molar refractivity (Wildman–Crippen MR) is 143 cm³/mol. The Bertz CT molecular complexity index is 1490. The second-order valence-electron chi connectivity index (χ2n) is 11.2. The van der Waals surface area contributed by atoms with Crippen molar-refractivity contribution in [2.45, 2.75) is 45.2 Å². The van der Waals surface area contributed by atoms with Crippen LogP contribution < -0.4 is 10.2 Å². The normalized spacial score (nSPS) is 25.7. The van der Waals surface area contributed by atoms with Crippen LogP contribution in [-0.4, -0.2) is 34.5 Å². The molecule has 6 rings (SSSR count). The van der Waals surface area contributed by atoms with E-state index in [4.69, 9.17) is 0 Å². The number of carbonyl (C=O) groups excluding carboxylic acids is 3. The number of anilines is 2. The molecule has 0 saturated carbocycles. The molecule has 1 fully saturated rings. The summed E-state index contributed by atoms with van der Waals surface area (Å²) in [5, 5.41) is 3.06. The molecular weight excluding hydrogens is 462 g/mol. The van der Waals surface area contributed by atoms with Crippen molar-refractivity contribution in [1.29, 1.82) is 0 Å². The van der Waals surface area contributed by atoms with Gasteiger partial charge in [-0.3, -0.25) is 19.4 Å². The highest BCUT2D eigenvalue weighted by Gasteiger charge is 2.71. The summed E-state index contributed by atoms with van der Waals surface area (Å²) in [5.41, 5.74) is 2.69. The Morgan fingerprint density at radius 1 is 1.00 bits per heavy atom. The van der Waals surface area contributed by atoms with Crippen LogP contribution in [0.3, 0.4) is 0 Å². The van der Waals surface area contributed by atoms with E-state index in [0.29, 0.717) is 11.3 Å². The Hall–Kier alpha value is -4.06. The number of carbonyl (C=O) groups is 3. The molecule has 1 amide bonds. The molecule has 2 aromatic carbocycles. The lowest BCUT2D eigenvalue weighted by Crippen LogP contribution is -2.51. The number of para-hydroxylation sites is 2. The van der Waals surface area contributed by atoms with Gasteiger partial charge < -0.3 is 10.2 Å². The molecule has 6 nitrogen and oxygen atoms in total. The van der Waals surface area contributed by atoms with Crippen LogP contribution in [0.1, 0.15) is 49.2 Å². The molecule has 37 heavy (non-hydrogen) atoms. The number of hydrogen-bond acceptors (Lipinski definition) is 5. The Labute approximate surface area is 216 Å². The Morgan fingerprint density at radius 3 is 2.46 bits per heavy atom. The van der Waals surface area contributed by atoms with Crippen molar-refractivity contribution in [3.8, 4) is 0 Å².